The number of methoxy groups -OCH3 is 1. The Bertz CT molecular complexity index is 1170. The third-order valence-electron chi connectivity index (χ3n) is 6.33. The van der Waals surface area contributed by atoms with Crippen LogP contribution in [-0.4, -0.2) is 30.8 Å². The summed E-state index contributed by atoms with van der Waals surface area (Å²) >= 11 is 0. The number of carbonyl (C=O) groups excluding carboxylic acids is 1. The molecule has 0 radical (unpaired) electrons. The zero-order valence-electron chi connectivity index (χ0n) is 17.4. The number of carbonyl (C=O) groups is 1. The van der Waals surface area contributed by atoms with Crippen LogP contribution in [0.4, 0.5) is 0 Å². The molecule has 30 heavy (non-hydrogen) atoms. The second-order valence-corrected chi connectivity index (χ2v) is 10.4. The highest BCUT2D eigenvalue weighted by atomic mass is 32.2. The number of aryl methyl sites for hydroxylation is 1. The van der Waals surface area contributed by atoms with Crippen molar-refractivity contribution in [1.29, 1.82) is 0 Å². The molecule has 1 aliphatic rings. The molecule has 0 spiro atoms. The third-order valence-corrected chi connectivity index (χ3v) is 8.82. The highest BCUT2D eigenvalue weighted by molar-refractivity contribution is 7.93. The van der Waals surface area contributed by atoms with Crippen molar-refractivity contribution in [3.05, 3.63) is 65.9 Å². The molecule has 0 aliphatic heterocycles. The number of hydrogen-bond donors (Lipinski definition) is 0. The topological polar surface area (TPSA) is 65.4 Å². The van der Waals surface area contributed by atoms with E-state index in [1.807, 2.05) is 24.3 Å². The number of sulfone groups is 1. The fourth-order valence-corrected chi connectivity index (χ4v) is 6.71. The van der Waals surface area contributed by atoms with Gasteiger partial charge < -0.3 is 9.30 Å². The van der Waals surface area contributed by atoms with E-state index in [1.54, 1.807) is 12.1 Å². The van der Waals surface area contributed by atoms with E-state index in [2.05, 4.69) is 29.7 Å². The molecule has 158 valence electrons. The van der Waals surface area contributed by atoms with Gasteiger partial charge in [-0.25, -0.2) is 8.42 Å². The van der Waals surface area contributed by atoms with Crippen LogP contribution >= 0.6 is 0 Å². The average molecular weight is 426 g/mol. The zero-order valence-corrected chi connectivity index (χ0v) is 18.2. The van der Waals surface area contributed by atoms with Crippen LogP contribution in [0.5, 0.6) is 0 Å². The first kappa shape index (κ1) is 20.7. The van der Waals surface area contributed by atoms with Crippen LogP contribution in [0.15, 0.2) is 59.5 Å². The number of fused-ring (bicyclic) bond motifs is 1. The lowest BCUT2D eigenvalue weighted by molar-refractivity contribution is -0.144. The largest absolute Gasteiger partial charge is 0.468 e. The van der Waals surface area contributed by atoms with Gasteiger partial charge in [-0.1, -0.05) is 49.6 Å². The number of para-hydroxylation sites is 1. The molecule has 1 saturated carbocycles. The van der Waals surface area contributed by atoms with E-state index >= 15 is 0 Å². The molecule has 1 aromatic heterocycles. The van der Waals surface area contributed by atoms with Crippen molar-refractivity contribution in [3.63, 3.8) is 0 Å². The minimum Gasteiger partial charge on any atom is -0.468 e. The monoisotopic (exact) mass is 425 g/mol. The van der Waals surface area contributed by atoms with Crippen molar-refractivity contribution in [1.82, 2.24) is 4.57 Å². The van der Waals surface area contributed by atoms with Crippen LogP contribution in [0.1, 0.15) is 43.4 Å². The van der Waals surface area contributed by atoms with Crippen LogP contribution in [0.2, 0.25) is 0 Å². The molecule has 5 nitrogen and oxygen atoms in total. The maximum Gasteiger partial charge on any atom is 0.327 e. The fraction of sp³-hybridized carbons (Fsp3) is 0.375. The van der Waals surface area contributed by atoms with Gasteiger partial charge in [0.15, 0.2) is 14.6 Å². The van der Waals surface area contributed by atoms with Gasteiger partial charge in [0.2, 0.25) is 0 Å². The fourth-order valence-electron chi connectivity index (χ4n) is 4.63. The van der Waals surface area contributed by atoms with Crippen LogP contribution in [0, 0.1) is 6.92 Å². The van der Waals surface area contributed by atoms with Crippen molar-refractivity contribution in [3.8, 4) is 0 Å². The average Bonchev–Trinajstić information content (AvgIpc) is 3.09. The summed E-state index contributed by atoms with van der Waals surface area (Å²) < 4.78 is 32.6. The second kappa shape index (κ2) is 7.91. The zero-order chi connectivity index (χ0) is 21.4. The van der Waals surface area contributed by atoms with Crippen molar-refractivity contribution >= 4 is 26.7 Å². The summed E-state index contributed by atoms with van der Waals surface area (Å²) in [5, 5.41) is 1.19. The highest BCUT2D eigenvalue weighted by Gasteiger charge is 2.52. The van der Waals surface area contributed by atoms with E-state index < -0.39 is 20.6 Å². The number of benzene rings is 2. The predicted octanol–water partition coefficient (Wildman–Crippen LogP) is 4.65. The molecule has 0 atom stereocenters. The summed E-state index contributed by atoms with van der Waals surface area (Å²) in [6.07, 6.45) is 3.01. The molecule has 2 aromatic carbocycles. The first-order valence-electron chi connectivity index (χ1n) is 10.4. The Labute approximate surface area is 177 Å². The number of hydrogen-bond acceptors (Lipinski definition) is 4. The van der Waals surface area contributed by atoms with Gasteiger partial charge in [-0.15, -0.1) is 0 Å². The second-order valence-electron chi connectivity index (χ2n) is 8.12. The lowest BCUT2D eigenvalue weighted by Gasteiger charge is -2.33. The Morgan fingerprint density at radius 3 is 2.37 bits per heavy atom. The summed E-state index contributed by atoms with van der Waals surface area (Å²) in [7, 11) is -2.57. The smallest absolute Gasteiger partial charge is 0.327 e. The first-order valence-corrected chi connectivity index (χ1v) is 11.8. The molecule has 1 heterocycles. The lowest BCUT2D eigenvalue weighted by Crippen LogP contribution is -2.48. The van der Waals surface area contributed by atoms with Gasteiger partial charge in [0.05, 0.1) is 12.0 Å². The summed E-state index contributed by atoms with van der Waals surface area (Å²) in [5.74, 6) is -0.638. The summed E-state index contributed by atoms with van der Waals surface area (Å²) in [6.45, 7) is 2.73. The van der Waals surface area contributed by atoms with E-state index in [4.69, 9.17) is 4.74 Å². The normalized spacial score (nSPS) is 16.5. The van der Waals surface area contributed by atoms with Crippen LogP contribution in [0.3, 0.4) is 0 Å². The molecule has 6 heteroatoms. The van der Waals surface area contributed by atoms with Crippen LogP contribution < -0.4 is 0 Å². The number of ether oxygens (including phenoxy) is 1. The Morgan fingerprint density at radius 1 is 1.03 bits per heavy atom. The van der Waals surface area contributed by atoms with Crippen molar-refractivity contribution < 1.29 is 17.9 Å². The number of esters is 1. The molecule has 0 amide bonds. The number of rotatable bonds is 5. The molecule has 0 unspecified atom stereocenters. The minimum atomic E-state index is -3.84. The Balaban J connectivity index is 1.65. The molecule has 4 rings (SSSR count). The SMILES string of the molecule is COC(=O)C1(S(=O)(=O)c2ccc(Cn3c(C)cc4ccccc43)cc2)CCCCC1. The van der Waals surface area contributed by atoms with E-state index in [1.165, 1.54) is 12.5 Å². The molecule has 0 N–H and O–H groups in total. The van der Waals surface area contributed by atoms with E-state index in [9.17, 15) is 13.2 Å². The quantitative estimate of drug-likeness (QED) is 0.558. The molecule has 0 bridgehead atoms. The van der Waals surface area contributed by atoms with Gasteiger partial charge in [-0.2, -0.15) is 0 Å². The van der Waals surface area contributed by atoms with Crippen molar-refractivity contribution in [2.75, 3.05) is 7.11 Å². The lowest BCUT2D eigenvalue weighted by atomic mass is 9.88. The molecule has 3 aromatic rings. The van der Waals surface area contributed by atoms with Crippen LogP contribution in [0.25, 0.3) is 10.9 Å². The highest BCUT2D eigenvalue weighted by Crippen LogP contribution is 2.40. The standard InChI is InChI=1S/C24H27NO4S/c1-18-16-20-8-4-5-9-22(20)25(18)17-19-10-12-21(13-11-19)30(27,28)24(23(26)29-2)14-6-3-7-15-24/h4-5,8-13,16H,3,6-7,14-15,17H2,1-2H3. The number of aromatic nitrogens is 1. The molecule has 0 saturated heterocycles. The van der Waals surface area contributed by atoms with E-state index in [0.29, 0.717) is 32.2 Å². The van der Waals surface area contributed by atoms with Gasteiger partial charge in [0.1, 0.15) is 0 Å². The predicted molar refractivity (Wildman–Crippen MR) is 117 cm³/mol. The van der Waals surface area contributed by atoms with E-state index in [-0.39, 0.29) is 4.90 Å². The van der Waals surface area contributed by atoms with Gasteiger partial charge >= 0.3 is 5.97 Å². The number of nitrogens with zero attached hydrogens (tertiary/aromatic N) is 1. The first-order chi connectivity index (χ1) is 14.4. The summed E-state index contributed by atoms with van der Waals surface area (Å²) in [6, 6.07) is 17.3. The third kappa shape index (κ3) is 3.33. The molecular formula is C24H27NO4S. The van der Waals surface area contributed by atoms with Gasteiger partial charge in [-0.05, 0) is 55.0 Å². The Hall–Kier alpha value is -2.60. The summed E-state index contributed by atoms with van der Waals surface area (Å²) in [4.78, 5) is 12.7. The molecular weight excluding hydrogens is 398 g/mol. The van der Waals surface area contributed by atoms with Gasteiger partial charge in [0, 0.05) is 17.8 Å². The van der Waals surface area contributed by atoms with Gasteiger partial charge in [0.25, 0.3) is 0 Å². The summed E-state index contributed by atoms with van der Waals surface area (Å²) in [5.41, 5.74) is 3.31. The van der Waals surface area contributed by atoms with Crippen LogP contribution in [-0.2, 0) is 25.9 Å². The van der Waals surface area contributed by atoms with Crippen molar-refractivity contribution in [2.24, 2.45) is 0 Å². The molecule has 1 fully saturated rings. The van der Waals surface area contributed by atoms with E-state index in [0.717, 1.165) is 23.2 Å². The Morgan fingerprint density at radius 2 is 1.70 bits per heavy atom. The maximum atomic E-state index is 13.5. The minimum absolute atomic E-state index is 0.188. The maximum absolute atomic E-state index is 13.5. The van der Waals surface area contributed by atoms with Crippen molar-refractivity contribution in [2.45, 2.75) is 55.2 Å². The Kier molecular flexibility index (Phi) is 5.45. The molecule has 1 aliphatic carbocycles. The van der Waals surface area contributed by atoms with Gasteiger partial charge in [-0.3, -0.25) is 4.79 Å².